The van der Waals surface area contributed by atoms with Crippen LogP contribution in [-0.2, 0) is 4.79 Å². The van der Waals surface area contributed by atoms with Gasteiger partial charge in [0.2, 0.25) is 0 Å². The highest BCUT2D eigenvalue weighted by atomic mass is 16.5. The maximum atomic E-state index is 11.8. The van der Waals surface area contributed by atoms with Gasteiger partial charge < -0.3 is 14.6 Å². The third-order valence-electron chi connectivity index (χ3n) is 3.78. The van der Waals surface area contributed by atoms with Gasteiger partial charge in [-0.3, -0.25) is 0 Å². The maximum absolute atomic E-state index is 11.8. The molecule has 0 aliphatic carbocycles. The lowest BCUT2D eigenvalue weighted by molar-refractivity contribution is -0.130. The Balaban J connectivity index is 1.96. The normalized spacial score (nSPS) is 11.0. The number of hydrogen-bond acceptors (Lipinski definition) is 3. The first kappa shape index (κ1) is 17.3. The van der Waals surface area contributed by atoms with Crippen LogP contribution in [0, 0.1) is 0 Å². The summed E-state index contributed by atoms with van der Waals surface area (Å²) in [5, 5.41) is 9.66. The van der Waals surface area contributed by atoms with Gasteiger partial charge in [0.1, 0.15) is 17.2 Å². The third-order valence-corrected chi connectivity index (χ3v) is 3.78. The van der Waals surface area contributed by atoms with Crippen LogP contribution in [0.1, 0.15) is 11.1 Å². The van der Waals surface area contributed by atoms with E-state index in [-0.39, 0.29) is 5.57 Å². The van der Waals surface area contributed by atoms with Gasteiger partial charge in [0, 0.05) is 5.56 Å². The van der Waals surface area contributed by atoms with E-state index in [9.17, 15) is 9.90 Å². The highest BCUT2D eigenvalue weighted by molar-refractivity contribution is 6.21. The molecule has 1 N–H and O–H groups in total. The van der Waals surface area contributed by atoms with Gasteiger partial charge in [-0.15, -0.1) is 0 Å². The van der Waals surface area contributed by atoms with Crippen molar-refractivity contribution in [1.29, 1.82) is 0 Å². The summed E-state index contributed by atoms with van der Waals surface area (Å²) in [5.41, 5.74) is 1.40. The average molecular weight is 346 g/mol. The van der Waals surface area contributed by atoms with Crippen LogP contribution in [0.3, 0.4) is 0 Å². The van der Waals surface area contributed by atoms with Crippen molar-refractivity contribution in [1.82, 2.24) is 0 Å². The number of methoxy groups -OCH3 is 1. The van der Waals surface area contributed by atoms with Crippen molar-refractivity contribution >= 4 is 17.6 Å². The number of hydrogen-bond donors (Lipinski definition) is 1. The lowest BCUT2D eigenvalue weighted by Crippen LogP contribution is -2.01. The number of carboxylic acid groups (broad SMARTS) is 1. The second-order valence-corrected chi connectivity index (χ2v) is 5.55. The Hall–Kier alpha value is -3.53. The van der Waals surface area contributed by atoms with Crippen molar-refractivity contribution in [3.05, 3.63) is 90.0 Å². The van der Waals surface area contributed by atoms with Crippen molar-refractivity contribution < 1.29 is 19.4 Å². The molecule has 0 heterocycles. The summed E-state index contributed by atoms with van der Waals surface area (Å²) in [5.74, 6) is 0.841. The molecule has 3 aromatic carbocycles. The number of para-hydroxylation sites is 2. The summed E-state index contributed by atoms with van der Waals surface area (Å²) in [6.07, 6.45) is 1.61. The molecule has 4 heteroatoms. The maximum Gasteiger partial charge on any atom is 0.336 e. The highest BCUT2D eigenvalue weighted by Gasteiger charge is 2.15. The van der Waals surface area contributed by atoms with Gasteiger partial charge >= 0.3 is 5.97 Å². The molecule has 0 bridgehead atoms. The largest absolute Gasteiger partial charge is 0.496 e. The lowest BCUT2D eigenvalue weighted by Gasteiger charge is -2.10. The fourth-order valence-electron chi connectivity index (χ4n) is 2.58. The molecule has 0 saturated heterocycles. The molecule has 0 unspecified atom stereocenters. The first-order valence-electron chi connectivity index (χ1n) is 8.09. The van der Waals surface area contributed by atoms with E-state index in [4.69, 9.17) is 9.47 Å². The van der Waals surface area contributed by atoms with Crippen molar-refractivity contribution in [2.24, 2.45) is 0 Å². The fourth-order valence-corrected chi connectivity index (χ4v) is 2.58. The Kier molecular flexibility index (Phi) is 5.34. The van der Waals surface area contributed by atoms with E-state index in [2.05, 4.69) is 0 Å². The van der Waals surface area contributed by atoms with Crippen LogP contribution in [0.5, 0.6) is 17.2 Å². The Morgan fingerprint density at radius 3 is 2.31 bits per heavy atom. The molecule has 0 aliphatic rings. The highest BCUT2D eigenvalue weighted by Crippen LogP contribution is 2.29. The van der Waals surface area contributed by atoms with E-state index in [0.29, 0.717) is 17.1 Å². The van der Waals surface area contributed by atoms with E-state index in [1.165, 1.54) is 7.11 Å². The van der Waals surface area contributed by atoms with Gasteiger partial charge in [-0.25, -0.2) is 4.79 Å². The van der Waals surface area contributed by atoms with Crippen LogP contribution in [0.15, 0.2) is 78.9 Å². The number of carbonyl (C=O) groups is 1. The first-order valence-corrected chi connectivity index (χ1v) is 8.09. The topological polar surface area (TPSA) is 55.8 Å². The Morgan fingerprint density at radius 2 is 1.58 bits per heavy atom. The number of carboxylic acids is 1. The minimum atomic E-state index is -1.02. The van der Waals surface area contributed by atoms with Crippen LogP contribution < -0.4 is 9.47 Å². The van der Waals surface area contributed by atoms with E-state index in [0.717, 1.165) is 11.3 Å². The zero-order chi connectivity index (χ0) is 18.4. The minimum absolute atomic E-state index is 0.152. The monoisotopic (exact) mass is 346 g/mol. The zero-order valence-corrected chi connectivity index (χ0v) is 14.3. The fraction of sp³-hybridized carbons (Fsp3) is 0.0455. The van der Waals surface area contributed by atoms with Crippen LogP contribution >= 0.6 is 0 Å². The van der Waals surface area contributed by atoms with E-state index in [1.54, 1.807) is 36.4 Å². The predicted molar refractivity (Wildman–Crippen MR) is 101 cm³/mol. The second-order valence-electron chi connectivity index (χ2n) is 5.55. The van der Waals surface area contributed by atoms with Crippen LogP contribution in [0.2, 0.25) is 0 Å². The SMILES string of the molecule is COc1ccccc1/C(=C/c1cccc(Oc2ccccc2)c1)C(=O)O. The van der Waals surface area contributed by atoms with Gasteiger partial charge in [0.15, 0.2) is 0 Å². The molecule has 3 aromatic rings. The van der Waals surface area contributed by atoms with Gasteiger partial charge in [-0.05, 0) is 42.0 Å². The third kappa shape index (κ3) is 4.11. The number of rotatable bonds is 6. The Bertz CT molecular complexity index is 930. The molecule has 0 radical (unpaired) electrons. The average Bonchev–Trinajstić information content (AvgIpc) is 2.67. The predicted octanol–water partition coefficient (Wildman–Crippen LogP) is 5.11. The summed E-state index contributed by atoms with van der Waals surface area (Å²) in [4.78, 5) is 11.8. The van der Waals surface area contributed by atoms with Gasteiger partial charge in [-0.1, -0.05) is 48.5 Å². The van der Waals surface area contributed by atoms with E-state index < -0.39 is 5.97 Å². The number of ether oxygens (including phenoxy) is 2. The summed E-state index contributed by atoms with van der Waals surface area (Å²) in [6.45, 7) is 0. The lowest BCUT2D eigenvalue weighted by atomic mass is 10.0. The standard InChI is InChI=1S/C22H18O4/c1-25-21-13-6-5-12-19(21)20(22(23)24)15-16-8-7-11-18(14-16)26-17-9-3-2-4-10-17/h2-15H,1H3,(H,23,24)/b20-15-. The molecule has 0 saturated carbocycles. The summed E-state index contributed by atoms with van der Waals surface area (Å²) in [6, 6.07) is 23.7. The van der Waals surface area contributed by atoms with Crippen LogP contribution in [-0.4, -0.2) is 18.2 Å². The van der Waals surface area contributed by atoms with E-state index in [1.807, 2.05) is 48.5 Å². The van der Waals surface area contributed by atoms with Gasteiger partial charge in [-0.2, -0.15) is 0 Å². The summed E-state index contributed by atoms with van der Waals surface area (Å²) >= 11 is 0. The number of aliphatic carboxylic acids is 1. The molecule has 3 rings (SSSR count). The molecule has 0 aromatic heterocycles. The van der Waals surface area contributed by atoms with Crippen molar-refractivity contribution in [3.63, 3.8) is 0 Å². The molecule has 4 nitrogen and oxygen atoms in total. The Morgan fingerprint density at radius 1 is 0.885 bits per heavy atom. The van der Waals surface area contributed by atoms with E-state index >= 15 is 0 Å². The molecule has 0 atom stereocenters. The van der Waals surface area contributed by atoms with Crippen LogP contribution in [0.4, 0.5) is 0 Å². The first-order chi connectivity index (χ1) is 12.7. The molecular weight excluding hydrogens is 328 g/mol. The molecular formula is C22H18O4. The van der Waals surface area contributed by atoms with Crippen molar-refractivity contribution in [2.75, 3.05) is 7.11 Å². The molecule has 0 aliphatic heterocycles. The zero-order valence-electron chi connectivity index (χ0n) is 14.3. The van der Waals surface area contributed by atoms with Crippen molar-refractivity contribution in [2.45, 2.75) is 0 Å². The van der Waals surface area contributed by atoms with Gasteiger partial charge in [0.25, 0.3) is 0 Å². The molecule has 26 heavy (non-hydrogen) atoms. The van der Waals surface area contributed by atoms with Crippen molar-refractivity contribution in [3.8, 4) is 17.2 Å². The van der Waals surface area contributed by atoms with Gasteiger partial charge in [0.05, 0.1) is 12.7 Å². The molecule has 0 fully saturated rings. The quantitative estimate of drug-likeness (QED) is 0.497. The molecule has 0 spiro atoms. The van der Waals surface area contributed by atoms with Crippen LogP contribution in [0.25, 0.3) is 11.6 Å². The molecule has 130 valence electrons. The molecule has 0 amide bonds. The Labute approximate surface area is 151 Å². The summed E-state index contributed by atoms with van der Waals surface area (Å²) < 4.78 is 11.1. The number of benzene rings is 3. The second kappa shape index (κ2) is 8.03. The minimum Gasteiger partial charge on any atom is -0.496 e. The summed E-state index contributed by atoms with van der Waals surface area (Å²) in [7, 11) is 1.52. The smallest absolute Gasteiger partial charge is 0.336 e.